The summed E-state index contributed by atoms with van der Waals surface area (Å²) in [5, 5.41) is 5.49. The highest BCUT2D eigenvalue weighted by Crippen LogP contribution is 2.06. The van der Waals surface area contributed by atoms with E-state index in [-0.39, 0.29) is 24.8 Å². The van der Waals surface area contributed by atoms with Crippen LogP contribution in [0, 0.1) is 0 Å². The van der Waals surface area contributed by atoms with Gasteiger partial charge in [-0.2, -0.15) is 0 Å². The molecule has 6 heteroatoms. The van der Waals surface area contributed by atoms with Gasteiger partial charge in [0.15, 0.2) is 0 Å². The topological polar surface area (TPSA) is 80.6 Å². The third-order valence-electron chi connectivity index (χ3n) is 3.21. The summed E-state index contributed by atoms with van der Waals surface area (Å²) in [6.07, 6.45) is 3.02. The number of benzene rings is 1. The molecule has 6 nitrogen and oxygen atoms in total. The van der Waals surface area contributed by atoms with Crippen molar-refractivity contribution >= 4 is 11.8 Å². The summed E-state index contributed by atoms with van der Waals surface area (Å²) in [6, 6.07) is 9.41. The van der Waals surface area contributed by atoms with E-state index < -0.39 is 0 Å². The van der Waals surface area contributed by atoms with Gasteiger partial charge in [-0.15, -0.1) is 0 Å². The molecule has 0 fully saturated rings. The van der Waals surface area contributed by atoms with Crippen molar-refractivity contribution < 1.29 is 18.7 Å². The predicted molar refractivity (Wildman–Crippen MR) is 84.7 cm³/mol. The highest BCUT2D eigenvalue weighted by atomic mass is 16.5. The Balaban J connectivity index is 1.69. The lowest BCUT2D eigenvalue weighted by Gasteiger charge is -2.08. The third kappa shape index (κ3) is 5.60. The SMILES string of the molecule is COCc1cccc(CNC(=O)CCNC(=O)c2ccoc2)c1. The fourth-order valence-corrected chi connectivity index (χ4v) is 2.07. The van der Waals surface area contributed by atoms with Crippen LogP contribution in [0.1, 0.15) is 27.9 Å². The summed E-state index contributed by atoms with van der Waals surface area (Å²) >= 11 is 0. The van der Waals surface area contributed by atoms with Gasteiger partial charge in [0, 0.05) is 26.6 Å². The zero-order chi connectivity index (χ0) is 16.5. The summed E-state index contributed by atoms with van der Waals surface area (Å²) in [7, 11) is 1.65. The van der Waals surface area contributed by atoms with Crippen molar-refractivity contribution in [3.63, 3.8) is 0 Å². The van der Waals surface area contributed by atoms with Crippen molar-refractivity contribution in [2.45, 2.75) is 19.6 Å². The summed E-state index contributed by atoms with van der Waals surface area (Å²) in [4.78, 5) is 23.4. The number of hydrogen-bond donors (Lipinski definition) is 2. The molecule has 0 unspecified atom stereocenters. The van der Waals surface area contributed by atoms with Gasteiger partial charge in [-0.05, 0) is 17.2 Å². The molecule has 2 amide bonds. The van der Waals surface area contributed by atoms with Gasteiger partial charge in [0.05, 0.1) is 18.4 Å². The van der Waals surface area contributed by atoms with E-state index in [0.717, 1.165) is 11.1 Å². The van der Waals surface area contributed by atoms with Gasteiger partial charge in [0.2, 0.25) is 5.91 Å². The largest absolute Gasteiger partial charge is 0.472 e. The molecule has 1 heterocycles. The number of nitrogens with one attached hydrogen (secondary N) is 2. The van der Waals surface area contributed by atoms with Gasteiger partial charge in [0.25, 0.3) is 5.91 Å². The number of hydrogen-bond acceptors (Lipinski definition) is 4. The normalized spacial score (nSPS) is 10.3. The molecule has 0 aliphatic heterocycles. The number of carbonyl (C=O) groups excluding carboxylic acids is 2. The summed E-state index contributed by atoms with van der Waals surface area (Å²) in [5.74, 6) is -0.367. The molecular formula is C17H20N2O4. The first-order valence-electron chi connectivity index (χ1n) is 7.33. The Morgan fingerprint density at radius 3 is 2.74 bits per heavy atom. The van der Waals surface area contributed by atoms with Crippen LogP contribution in [0.3, 0.4) is 0 Å². The zero-order valence-electron chi connectivity index (χ0n) is 13.0. The van der Waals surface area contributed by atoms with Crippen LogP contribution in [-0.4, -0.2) is 25.5 Å². The van der Waals surface area contributed by atoms with Crippen LogP contribution in [0.2, 0.25) is 0 Å². The quantitative estimate of drug-likeness (QED) is 0.779. The molecule has 1 aromatic carbocycles. The van der Waals surface area contributed by atoms with Crippen molar-refractivity contribution in [2.75, 3.05) is 13.7 Å². The van der Waals surface area contributed by atoms with E-state index >= 15 is 0 Å². The molecule has 0 aliphatic rings. The van der Waals surface area contributed by atoms with Crippen LogP contribution in [0.4, 0.5) is 0 Å². The Bertz CT molecular complexity index is 638. The minimum absolute atomic E-state index is 0.116. The minimum Gasteiger partial charge on any atom is -0.472 e. The highest BCUT2D eigenvalue weighted by molar-refractivity contribution is 5.94. The van der Waals surface area contributed by atoms with Crippen molar-refractivity contribution in [1.29, 1.82) is 0 Å². The molecular weight excluding hydrogens is 296 g/mol. The standard InChI is InChI=1S/C17H20N2O4/c1-22-11-14-4-2-3-13(9-14)10-19-16(20)5-7-18-17(21)15-6-8-23-12-15/h2-4,6,8-9,12H,5,7,10-11H2,1H3,(H,18,21)(H,19,20). The molecule has 0 bridgehead atoms. The highest BCUT2D eigenvalue weighted by Gasteiger charge is 2.07. The zero-order valence-corrected chi connectivity index (χ0v) is 13.0. The molecule has 0 spiro atoms. The number of rotatable bonds is 8. The van der Waals surface area contributed by atoms with Gasteiger partial charge < -0.3 is 19.8 Å². The molecule has 0 radical (unpaired) electrons. The van der Waals surface area contributed by atoms with Crippen molar-refractivity contribution in [3.8, 4) is 0 Å². The van der Waals surface area contributed by atoms with E-state index in [1.54, 1.807) is 13.2 Å². The molecule has 0 aliphatic carbocycles. The van der Waals surface area contributed by atoms with E-state index in [4.69, 9.17) is 9.15 Å². The Kier molecular flexibility index (Phi) is 6.38. The summed E-state index contributed by atoms with van der Waals surface area (Å²) < 4.78 is 9.91. The fourth-order valence-electron chi connectivity index (χ4n) is 2.07. The van der Waals surface area contributed by atoms with E-state index in [9.17, 15) is 9.59 Å². The average molecular weight is 316 g/mol. The number of methoxy groups -OCH3 is 1. The van der Waals surface area contributed by atoms with Gasteiger partial charge in [0.1, 0.15) is 6.26 Å². The molecule has 2 rings (SSSR count). The number of ether oxygens (including phenoxy) is 1. The van der Waals surface area contributed by atoms with Gasteiger partial charge in [-0.1, -0.05) is 24.3 Å². The van der Waals surface area contributed by atoms with Crippen molar-refractivity contribution in [3.05, 3.63) is 59.5 Å². The average Bonchev–Trinajstić information content (AvgIpc) is 3.08. The van der Waals surface area contributed by atoms with Crippen LogP contribution < -0.4 is 10.6 Å². The molecule has 0 saturated heterocycles. The first-order chi connectivity index (χ1) is 11.2. The van der Waals surface area contributed by atoms with Crippen LogP contribution in [0.15, 0.2) is 47.3 Å². The van der Waals surface area contributed by atoms with Gasteiger partial charge in [-0.25, -0.2) is 0 Å². The summed E-state index contributed by atoms with van der Waals surface area (Å²) in [5.41, 5.74) is 2.52. The molecule has 122 valence electrons. The maximum atomic E-state index is 11.8. The second-order valence-corrected chi connectivity index (χ2v) is 5.05. The molecule has 2 N–H and O–H groups in total. The number of amides is 2. The van der Waals surface area contributed by atoms with Crippen LogP contribution in [0.5, 0.6) is 0 Å². The summed E-state index contributed by atoms with van der Waals surface area (Å²) in [6.45, 7) is 1.27. The lowest BCUT2D eigenvalue weighted by molar-refractivity contribution is -0.121. The lowest BCUT2D eigenvalue weighted by atomic mass is 10.1. The number of furan rings is 1. The fraction of sp³-hybridized carbons (Fsp3) is 0.294. The van der Waals surface area contributed by atoms with Crippen LogP contribution >= 0.6 is 0 Å². The lowest BCUT2D eigenvalue weighted by Crippen LogP contribution is -2.30. The molecule has 0 atom stereocenters. The van der Waals surface area contributed by atoms with Crippen molar-refractivity contribution in [2.24, 2.45) is 0 Å². The van der Waals surface area contributed by atoms with E-state index in [0.29, 0.717) is 18.7 Å². The van der Waals surface area contributed by atoms with E-state index in [2.05, 4.69) is 10.6 Å². The second-order valence-electron chi connectivity index (χ2n) is 5.05. The molecule has 23 heavy (non-hydrogen) atoms. The van der Waals surface area contributed by atoms with Crippen LogP contribution in [0.25, 0.3) is 0 Å². The second kappa shape index (κ2) is 8.75. The number of carbonyl (C=O) groups is 2. The maximum absolute atomic E-state index is 11.8. The molecule has 2 aromatic rings. The Morgan fingerprint density at radius 1 is 1.17 bits per heavy atom. The van der Waals surface area contributed by atoms with E-state index in [1.165, 1.54) is 12.5 Å². The van der Waals surface area contributed by atoms with Gasteiger partial charge in [-0.3, -0.25) is 9.59 Å². The van der Waals surface area contributed by atoms with Crippen molar-refractivity contribution in [1.82, 2.24) is 10.6 Å². The maximum Gasteiger partial charge on any atom is 0.254 e. The molecule has 0 saturated carbocycles. The first kappa shape index (κ1) is 16.8. The van der Waals surface area contributed by atoms with E-state index in [1.807, 2.05) is 24.3 Å². The monoisotopic (exact) mass is 316 g/mol. The smallest absolute Gasteiger partial charge is 0.254 e. The van der Waals surface area contributed by atoms with Gasteiger partial charge >= 0.3 is 0 Å². The Hall–Kier alpha value is -2.60. The minimum atomic E-state index is -0.251. The predicted octanol–water partition coefficient (Wildman–Crippen LogP) is 1.86. The van der Waals surface area contributed by atoms with Crippen LogP contribution in [-0.2, 0) is 22.7 Å². The Morgan fingerprint density at radius 2 is 2.00 bits per heavy atom. The molecule has 1 aromatic heterocycles. The Labute approximate surface area is 134 Å². The third-order valence-corrected chi connectivity index (χ3v) is 3.21. The first-order valence-corrected chi connectivity index (χ1v) is 7.33.